The van der Waals surface area contributed by atoms with Crippen LogP contribution >= 0.6 is 0 Å². The van der Waals surface area contributed by atoms with E-state index in [4.69, 9.17) is 0 Å². The van der Waals surface area contributed by atoms with E-state index in [0.29, 0.717) is 0 Å². The number of hydrazine groups is 1. The molecule has 0 unspecified atom stereocenters. The molecule has 0 aromatic carbocycles. The number of hydrogen-bond donors (Lipinski definition) is 2. The standard InChI is InChI=1S/C7H14N2O5S/c1-4-14-7(11)9-8-6(10)5(2)15(3,12)13/h5H,4H2,1-3H3,(H,8,10)(H,9,11)/t5-/m0/s1. The Labute approximate surface area is 88.1 Å². The third-order valence-electron chi connectivity index (χ3n) is 1.57. The first-order valence-corrected chi connectivity index (χ1v) is 6.16. The Morgan fingerprint density at radius 1 is 1.33 bits per heavy atom. The highest BCUT2D eigenvalue weighted by Gasteiger charge is 2.23. The molecule has 15 heavy (non-hydrogen) atoms. The van der Waals surface area contributed by atoms with Gasteiger partial charge in [0.25, 0.3) is 5.91 Å². The fourth-order valence-electron chi connectivity index (χ4n) is 0.576. The van der Waals surface area contributed by atoms with Crippen molar-refractivity contribution in [2.75, 3.05) is 12.9 Å². The van der Waals surface area contributed by atoms with Gasteiger partial charge in [0.1, 0.15) is 5.25 Å². The molecule has 0 saturated heterocycles. The van der Waals surface area contributed by atoms with E-state index in [-0.39, 0.29) is 6.61 Å². The van der Waals surface area contributed by atoms with Gasteiger partial charge in [-0.25, -0.2) is 18.6 Å². The molecule has 0 aromatic heterocycles. The molecule has 0 aliphatic carbocycles. The summed E-state index contributed by atoms with van der Waals surface area (Å²) in [5.41, 5.74) is 3.84. The molecule has 0 heterocycles. The molecule has 0 radical (unpaired) electrons. The van der Waals surface area contributed by atoms with Crippen molar-refractivity contribution in [1.29, 1.82) is 0 Å². The summed E-state index contributed by atoms with van der Waals surface area (Å²) in [6.07, 6.45) is 0.0910. The molecule has 0 fully saturated rings. The van der Waals surface area contributed by atoms with Crippen molar-refractivity contribution in [3.05, 3.63) is 0 Å². The summed E-state index contributed by atoms with van der Waals surface area (Å²) in [4.78, 5) is 21.9. The number of rotatable bonds is 3. The first kappa shape index (κ1) is 13.7. The van der Waals surface area contributed by atoms with Crippen LogP contribution in [0.25, 0.3) is 0 Å². The van der Waals surface area contributed by atoms with Crippen LogP contribution in [0.2, 0.25) is 0 Å². The summed E-state index contributed by atoms with van der Waals surface area (Å²) in [6, 6.07) is 0. The van der Waals surface area contributed by atoms with Crippen LogP contribution in [-0.4, -0.2) is 38.5 Å². The summed E-state index contributed by atoms with van der Waals surface area (Å²) >= 11 is 0. The molecule has 2 N–H and O–H groups in total. The highest BCUT2D eigenvalue weighted by Crippen LogP contribution is 1.96. The third kappa shape index (κ3) is 5.21. The second-order valence-corrected chi connectivity index (χ2v) is 5.17. The molecule has 1 atom stereocenters. The van der Waals surface area contributed by atoms with E-state index in [0.717, 1.165) is 6.26 Å². The van der Waals surface area contributed by atoms with Crippen molar-refractivity contribution >= 4 is 21.8 Å². The quantitative estimate of drug-likeness (QED) is 0.626. The number of carbonyl (C=O) groups is 2. The predicted octanol–water partition coefficient (Wildman–Crippen LogP) is -0.803. The summed E-state index contributed by atoms with van der Waals surface area (Å²) in [5, 5.41) is -1.22. The van der Waals surface area contributed by atoms with Crippen LogP contribution in [0.1, 0.15) is 13.8 Å². The molecular weight excluding hydrogens is 224 g/mol. The van der Waals surface area contributed by atoms with Crippen molar-refractivity contribution in [1.82, 2.24) is 10.9 Å². The van der Waals surface area contributed by atoms with Gasteiger partial charge in [-0.05, 0) is 13.8 Å². The number of amides is 2. The van der Waals surface area contributed by atoms with Gasteiger partial charge >= 0.3 is 6.09 Å². The molecule has 8 heteroatoms. The van der Waals surface area contributed by atoms with Crippen LogP contribution in [0, 0.1) is 0 Å². The van der Waals surface area contributed by atoms with Gasteiger partial charge in [-0.1, -0.05) is 0 Å². The zero-order chi connectivity index (χ0) is 12.1. The van der Waals surface area contributed by atoms with Crippen molar-refractivity contribution in [3.8, 4) is 0 Å². The fourth-order valence-corrected chi connectivity index (χ4v) is 1.02. The van der Waals surface area contributed by atoms with Crippen LogP contribution in [0.5, 0.6) is 0 Å². The van der Waals surface area contributed by atoms with Gasteiger partial charge < -0.3 is 4.74 Å². The number of ether oxygens (including phenoxy) is 1. The molecule has 0 rings (SSSR count). The lowest BCUT2D eigenvalue weighted by molar-refractivity contribution is -0.121. The summed E-state index contributed by atoms with van der Waals surface area (Å²) in [7, 11) is -3.47. The summed E-state index contributed by atoms with van der Waals surface area (Å²) in [5.74, 6) is -0.814. The average molecular weight is 238 g/mol. The number of hydrogen-bond acceptors (Lipinski definition) is 5. The van der Waals surface area contributed by atoms with Crippen LogP contribution in [0.4, 0.5) is 4.79 Å². The molecular formula is C7H14N2O5S. The molecule has 2 amide bonds. The maximum Gasteiger partial charge on any atom is 0.426 e. The van der Waals surface area contributed by atoms with E-state index in [1.807, 2.05) is 10.9 Å². The van der Waals surface area contributed by atoms with Gasteiger partial charge in [-0.15, -0.1) is 0 Å². The van der Waals surface area contributed by atoms with Gasteiger partial charge in [0.2, 0.25) is 0 Å². The molecule has 88 valence electrons. The minimum absolute atomic E-state index is 0.156. The molecule has 0 aliphatic heterocycles. The normalized spacial score (nSPS) is 12.7. The minimum Gasteiger partial charge on any atom is -0.449 e. The third-order valence-corrected chi connectivity index (χ3v) is 3.07. The Morgan fingerprint density at radius 3 is 2.27 bits per heavy atom. The minimum atomic E-state index is -3.47. The van der Waals surface area contributed by atoms with Crippen molar-refractivity contribution in [3.63, 3.8) is 0 Å². The van der Waals surface area contributed by atoms with Gasteiger partial charge in [0, 0.05) is 6.26 Å². The van der Waals surface area contributed by atoms with E-state index >= 15 is 0 Å². The highest BCUT2D eigenvalue weighted by molar-refractivity contribution is 7.92. The molecule has 0 aromatic rings. The number of sulfone groups is 1. The monoisotopic (exact) mass is 238 g/mol. The Balaban J connectivity index is 4.11. The topological polar surface area (TPSA) is 102 Å². The van der Waals surface area contributed by atoms with Crippen LogP contribution in [0.15, 0.2) is 0 Å². The smallest absolute Gasteiger partial charge is 0.426 e. The predicted molar refractivity (Wildman–Crippen MR) is 52.6 cm³/mol. The fraction of sp³-hybridized carbons (Fsp3) is 0.714. The van der Waals surface area contributed by atoms with Gasteiger partial charge in [-0.2, -0.15) is 0 Å². The van der Waals surface area contributed by atoms with Gasteiger partial charge in [0.15, 0.2) is 9.84 Å². The maximum atomic E-state index is 11.1. The lowest BCUT2D eigenvalue weighted by Gasteiger charge is -2.10. The Bertz CT molecular complexity index is 337. The lowest BCUT2D eigenvalue weighted by atomic mass is 10.5. The zero-order valence-corrected chi connectivity index (χ0v) is 9.55. The van der Waals surface area contributed by atoms with Crippen LogP contribution < -0.4 is 10.9 Å². The van der Waals surface area contributed by atoms with Crippen molar-refractivity contribution in [2.24, 2.45) is 0 Å². The Hall–Kier alpha value is -1.31. The first-order valence-electron chi connectivity index (χ1n) is 4.20. The van der Waals surface area contributed by atoms with E-state index < -0.39 is 27.1 Å². The Morgan fingerprint density at radius 2 is 1.87 bits per heavy atom. The molecule has 0 spiro atoms. The summed E-state index contributed by atoms with van der Waals surface area (Å²) < 4.78 is 26.3. The van der Waals surface area contributed by atoms with Crippen LogP contribution in [-0.2, 0) is 19.4 Å². The van der Waals surface area contributed by atoms with Gasteiger partial charge in [0.05, 0.1) is 6.61 Å². The van der Waals surface area contributed by atoms with E-state index in [1.165, 1.54) is 6.92 Å². The first-order chi connectivity index (χ1) is 6.79. The number of carbonyl (C=O) groups excluding carboxylic acids is 2. The molecule has 0 aliphatic rings. The van der Waals surface area contributed by atoms with Crippen LogP contribution in [0.3, 0.4) is 0 Å². The van der Waals surface area contributed by atoms with Gasteiger partial charge in [-0.3, -0.25) is 10.2 Å². The van der Waals surface area contributed by atoms with E-state index in [2.05, 4.69) is 4.74 Å². The number of nitrogens with one attached hydrogen (secondary N) is 2. The molecule has 0 saturated carbocycles. The molecule has 0 bridgehead atoms. The molecule has 7 nitrogen and oxygen atoms in total. The second kappa shape index (κ2) is 5.54. The largest absolute Gasteiger partial charge is 0.449 e. The lowest BCUT2D eigenvalue weighted by Crippen LogP contribution is -2.47. The van der Waals surface area contributed by atoms with E-state index in [9.17, 15) is 18.0 Å². The van der Waals surface area contributed by atoms with Crippen molar-refractivity contribution < 1.29 is 22.7 Å². The zero-order valence-electron chi connectivity index (χ0n) is 8.73. The average Bonchev–Trinajstić information content (AvgIpc) is 2.12. The maximum absolute atomic E-state index is 11.1. The van der Waals surface area contributed by atoms with Crippen molar-refractivity contribution in [2.45, 2.75) is 19.1 Å². The SMILES string of the molecule is CCOC(=O)NNC(=O)[C@H](C)S(C)(=O)=O. The Kier molecular flexibility index (Phi) is 5.06. The highest BCUT2D eigenvalue weighted by atomic mass is 32.2. The second-order valence-electron chi connectivity index (χ2n) is 2.81. The van der Waals surface area contributed by atoms with E-state index in [1.54, 1.807) is 6.92 Å². The summed E-state index contributed by atoms with van der Waals surface area (Å²) in [6.45, 7) is 2.97.